The van der Waals surface area contributed by atoms with Crippen molar-refractivity contribution in [3.8, 4) is 5.75 Å². The SMILES string of the molecule is C=CCc1ccccc1OCCNCCN(CC)CC. The molecule has 3 heteroatoms. The molecule has 0 amide bonds. The van der Waals surface area contributed by atoms with Crippen molar-refractivity contribution in [1.82, 2.24) is 10.2 Å². The van der Waals surface area contributed by atoms with Crippen LogP contribution in [-0.4, -0.2) is 44.2 Å². The number of hydrogen-bond acceptors (Lipinski definition) is 3. The molecule has 1 N–H and O–H groups in total. The second-order valence-electron chi connectivity index (χ2n) is 4.73. The molecule has 0 radical (unpaired) electrons. The molecule has 0 spiro atoms. The van der Waals surface area contributed by atoms with Crippen molar-refractivity contribution in [2.45, 2.75) is 20.3 Å². The minimum absolute atomic E-state index is 0.701. The van der Waals surface area contributed by atoms with Crippen LogP contribution < -0.4 is 10.1 Å². The molecule has 0 aliphatic carbocycles. The van der Waals surface area contributed by atoms with Crippen molar-refractivity contribution in [3.63, 3.8) is 0 Å². The summed E-state index contributed by atoms with van der Waals surface area (Å²) in [6.45, 7) is 14.1. The van der Waals surface area contributed by atoms with Gasteiger partial charge in [0.2, 0.25) is 0 Å². The summed E-state index contributed by atoms with van der Waals surface area (Å²) in [5, 5.41) is 3.42. The van der Waals surface area contributed by atoms with Crippen LogP contribution in [0.3, 0.4) is 0 Å². The highest BCUT2D eigenvalue weighted by Crippen LogP contribution is 2.18. The van der Waals surface area contributed by atoms with Crippen molar-refractivity contribution in [1.29, 1.82) is 0 Å². The van der Waals surface area contributed by atoms with E-state index in [1.54, 1.807) is 0 Å². The maximum absolute atomic E-state index is 5.83. The van der Waals surface area contributed by atoms with Crippen molar-refractivity contribution in [2.75, 3.05) is 39.3 Å². The van der Waals surface area contributed by atoms with Gasteiger partial charge in [0.1, 0.15) is 12.4 Å². The fraction of sp³-hybridized carbons (Fsp3) is 0.529. The van der Waals surface area contributed by atoms with E-state index in [9.17, 15) is 0 Å². The van der Waals surface area contributed by atoms with E-state index in [0.717, 1.165) is 44.9 Å². The van der Waals surface area contributed by atoms with E-state index in [2.05, 4.69) is 36.7 Å². The normalized spacial score (nSPS) is 10.8. The summed E-state index contributed by atoms with van der Waals surface area (Å²) < 4.78 is 5.83. The lowest BCUT2D eigenvalue weighted by atomic mass is 10.1. The summed E-state index contributed by atoms with van der Waals surface area (Å²) in [6, 6.07) is 8.16. The standard InChI is InChI=1S/C17H28N2O/c1-4-9-16-10-7-8-11-17(16)20-15-13-18-12-14-19(5-2)6-3/h4,7-8,10-11,18H,1,5-6,9,12-15H2,2-3H3. The molecule has 0 atom stereocenters. The molecule has 112 valence electrons. The summed E-state index contributed by atoms with van der Waals surface area (Å²) >= 11 is 0. The van der Waals surface area contributed by atoms with Gasteiger partial charge >= 0.3 is 0 Å². The molecular weight excluding hydrogens is 248 g/mol. The largest absolute Gasteiger partial charge is 0.492 e. The Morgan fingerprint density at radius 3 is 2.65 bits per heavy atom. The van der Waals surface area contributed by atoms with Crippen LogP contribution in [0.1, 0.15) is 19.4 Å². The Kier molecular flexibility index (Phi) is 8.76. The number of rotatable bonds is 11. The van der Waals surface area contributed by atoms with Crippen LogP contribution in [0.25, 0.3) is 0 Å². The Labute approximate surface area is 123 Å². The summed E-state index contributed by atoms with van der Waals surface area (Å²) in [7, 11) is 0. The van der Waals surface area contributed by atoms with Crippen LogP contribution in [-0.2, 0) is 6.42 Å². The third-order valence-corrected chi connectivity index (χ3v) is 3.37. The van der Waals surface area contributed by atoms with Gasteiger partial charge in [0.05, 0.1) is 0 Å². The van der Waals surface area contributed by atoms with Crippen LogP contribution in [0.5, 0.6) is 5.75 Å². The number of ether oxygens (including phenoxy) is 1. The van der Waals surface area contributed by atoms with E-state index in [4.69, 9.17) is 4.74 Å². The van der Waals surface area contributed by atoms with Crippen molar-refractivity contribution < 1.29 is 4.74 Å². The number of hydrogen-bond donors (Lipinski definition) is 1. The van der Waals surface area contributed by atoms with Gasteiger partial charge in [0.25, 0.3) is 0 Å². The van der Waals surface area contributed by atoms with E-state index in [-0.39, 0.29) is 0 Å². The minimum atomic E-state index is 0.701. The Morgan fingerprint density at radius 2 is 1.95 bits per heavy atom. The molecule has 0 unspecified atom stereocenters. The number of nitrogens with zero attached hydrogens (tertiary/aromatic N) is 1. The fourth-order valence-corrected chi connectivity index (χ4v) is 2.10. The highest BCUT2D eigenvalue weighted by Gasteiger charge is 2.01. The molecule has 3 nitrogen and oxygen atoms in total. The Hall–Kier alpha value is -1.32. The summed E-state index contributed by atoms with van der Waals surface area (Å²) in [4.78, 5) is 2.41. The average molecular weight is 276 g/mol. The quantitative estimate of drug-likeness (QED) is 0.497. The molecule has 20 heavy (non-hydrogen) atoms. The van der Waals surface area contributed by atoms with Crippen LogP contribution in [0.2, 0.25) is 0 Å². The summed E-state index contributed by atoms with van der Waals surface area (Å²) in [5.41, 5.74) is 1.20. The summed E-state index contributed by atoms with van der Waals surface area (Å²) in [5.74, 6) is 0.970. The van der Waals surface area contributed by atoms with Gasteiger partial charge in [-0.15, -0.1) is 6.58 Å². The molecule has 0 fully saturated rings. The minimum Gasteiger partial charge on any atom is -0.492 e. The van der Waals surface area contributed by atoms with Crippen LogP contribution >= 0.6 is 0 Å². The van der Waals surface area contributed by atoms with Gasteiger partial charge in [-0.2, -0.15) is 0 Å². The average Bonchev–Trinajstić information content (AvgIpc) is 2.48. The third kappa shape index (κ3) is 6.22. The van der Waals surface area contributed by atoms with Gasteiger partial charge in [0, 0.05) is 19.6 Å². The van der Waals surface area contributed by atoms with E-state index in [1.807, 2.05) is 24.3 Å². The maximum atomic E-state index is 5.83. The van der Waals surface area contributed by atoms with Crippen molar-refractivity contribution in [3.05, 3.63) is 42.5 Å². The molecule has 1 rings (SSSR count). The number of likely N-dealkylation sites (N-methyl/N-ethyl adjacent to an activating group) is 1. The monoisotopic (exact) mass is 276 g/mol. The third-order valence-electron chi connectivity index (χ3n) is 3.37. The number of para-hydroxylation sites is 1. The first-order valence-corrected chi connectivity index (χ1v) is 7.56. The molecule has 0 aromatic heterocycles. The number of nitrogens with one attached hydrogen (secondary N) is 1. The van der Waals surface area contributed by atoms with Gasteiger partial charge in [-0.05, 0) is 31.1 Å². The summed E-state index contributed by atoms with van der Waals surface area (Å²) in [6.07, 6.45) is 2.76. The van der Waals surface area contributed by atoms with Gasteiger partial charge < -0.3 is 15.0 Å². The highest BCUT2D eigenvalue weighted by molar-refractivity contribution is 5.34. The van der Waals surface area contributed by atoms with Crippen LogP contribution in [0.4, 0.5) is 0 Å². The molecule has 0 saturated heterocycles. The second-order valence-corrected chi connectivity index (χ2v) is 4.73. The molecule has 1 aromatic carbocycles. The van der Waals surface area contributed by atoms with E-state index >= 15 is 0 Å². The molecular formula is C17H28N2O. The number of benzene rings is 1. The predicted molar refractivity (Wildman–Crippen MR) is 86.5 cm³/mol. The fourth-order valence-electron chi connectivity index (χ4n) is 2.10. The van der Waals surface area contributed by atoms with Gasteiger partial charge in [-0.25, -0.2) is 0 Å². The first-order valence-electron chi connectivity index (χ1n) is 7.56. The zero-order valence-corrected chi connectivity index (χ0v) is 12.9. The highest BCUT2D eigenvalue weighted by atomic mass is 16.5. The Balaban J connectivity index is 2.19. The molecule has 0 aliphatic heterocycles. The molecule has 0 bridgehead atoms. The van der Waals surface area contributed by atoms with E-state index in [0.29, 0.717) is 6.61 Å². The lowest BCUT2D eigenvalue weighted by Crippen LogP contribution is -2.33. The molecule has 0 saturated carbocycles. The predicted octanol–water partition coefficient (Wildman–Crippen LogP) is 2.73. The van der Waals surface area contributed by atoms with Gasteiger partial charge in [0.15, 0.2) is 0 Å². The van der Waals surface area contributed by atoms with Gasteiger partial charge in [-0.3, -0.25) is 0 Å². The molecule has 1 aromatic rings. The zero-order valence-electron chi connectivity index (χ0n) is 12.9. The lowest BCUT2D eigenvalue weighted by molar-refractivity contribution is 0.285. The number of allylic oxidation sites excluding steroid dienone is 1. The Morgan fingerprint density at radius 1 is 1.20 bits per heavy atom. The van der Waals surface area contributed by atoms with E-state index < -0.39 is 0 Å². The Bertz CT molecular complexity index is 375. The van der Waals surface area contributed by atoms with Crippen molar-refractivity contribution >= 4 is 0 Å². The van der Waals surface area contributed by atoms with E-state index in [1.165, 1.54) is 5.56 Å². The van der Waals surface area contributed by atoms with Crippen molar-refractivity contribution in [2.24, 2.45) is 0 Å². The smallest absolute Gasteiger partial charge is 0.122 e. The molecule has 0 aliphatic rings. The van der Waals surface area contributed by atoms with Crippen LogP contribution in [0, 0.1) is 0 Å². The second kappa shape index (κ2) is 10.5. The first kappa shape index (κ1) is 16.7. The van der Waals surface area contributed by atoms with Crippen LogP contribution in [0.15, 0.2) is 36.9 Å². The first-order chi connectivity index (χ1) is 9.81. The topological polar surface area (TPSA) is 24.5 Å². The maximum Gasteiger partial charge on any atom is 0.122 e. The van der Waals surface area contributed by atoms with Gasteiger partial charge in [-0.1, -0.05) is 38.1 Å². The molecule has 0 heterocycles. The lowest BCUT2D eigenvalue weighted by Gasteiger charge is -2.18. The zero-order chi connectivity index (χ0) is 14.6.